The summed E-state index contributed by atoms with van der Waals surface area (Å²) in [7, 11) is 3.49. The van der Waals surface area contributed by atoms with Crippen LogP contribution in [-0.4, -0.2) is 48.7 Å². The van der Waals surface area contributed by atoms with Gasteiger partial charge in [-0.05, 0) is 0 Å². The zero-order chi connectivity index (χ0) is 11.4. The van der Waals surface area contributed by atoms with Crippen LogP contribution >= 0.6 is 11.8 Å². The van der Waals surface area contributed by atoms with E-state index in [4.69, 9.17) is 4.74 Å². The molecule has 0 atom stereocenters. The molecule has 0 radical (unpaired) electrons. The molecule has 1 aromatic rings. The van der Waals surface area contributed by atoms with E-state index >= 15 is 0 Å². The zero-order valence-corrected chi connectivity index (χ0v) is 10.4. The maximum absolute atomic E-state index is 5.38. The topological polar surface area (TPSA) is 50.3 Å². The molecule has 1 N–H and O–H groups in total. The SMILES string of the molecule is CNc1ncnc(N2CCSCC2)c1OC. The fourth-order valence-corrected chi connectivity index (χ4v) is 2.63. The molecule has 0 saturated carbocycles. The van der Waals surface area contributed by atoms with Crippen LogP contribution in [0.15, 0.2) is 6.33 Å². The van der Waals surface area contributed by atoms with E-state index in [-0.39, 0.29) is 0 Å². The first-order valence-electron chi connectivity index (χ1n) is 5.26. The van der Waals surface area contributed by atoms with E-state index in [1.165, 1.54) is 0 Å². The Morgan fingerprint density at radius 3 is 2.75 bits per heavy atom. The molecule has 1 aliphatic rings. The highest BCUT2D eigenvalue weighted by Gasteiger charge is 2.19. The van der Waals surface area contributed by atoms with Gasteiger partial charge in [0, 0.05) is 31.6 Å². The molecule has 88 valence electrons. The first-order valence-corrected chi connectivity index (χ1v) is 6.41. The van der Waals surface area contributed by atoms with Crippen LogP contribution in [0, 0.1) is 0 Å². The van der Waals surface area contributed by atoms with E-state index in [0.717, 1.165) is 42.0 Å². The van der Waals surface area contributed by atoms with Gasteiger partial charge in [0.15, 0.2) is 11.6 Å². The van der Waals surface area contributed by atoms with Crippen molar-refractivity contribution in [3.8, 4) is 5.75 Å². The van der Waals surface area contributed by atoms with Crippen molar-refractivity contribution in [2.24, 2.45) is 0 Å². The van der Waals surface area contributed by atoms with E-state index in [2.05, 4.69) is 20.2 Å². The highest BCUT2D eigenvalue weighted by Crippen LogP contribution is 2.32. The van der Waals surface area contributed by atoms with Gasteiger partial charge in [-0.3, -0.25) is 0 Å². The highest BCUT2D eigenvalue weighted by molar-refractivity contribution is 7.99. The summed E-state index contributed by atoms with van der Waals surface area (Å²) in [5, 5.41) is 3.02. The lowest BCUT2D eigenvalue weighted by Crippen LogP contribution is -2.33. The zero-order valence-electron chi connectivity index (χ0n) is 9.56. The minimum Gasteiger partial charge on any atom is -0.490 e. The summed E-state index contributed by atoms with van der Waals surface area (Å²) in [6, 6.07) is 0. The molecule has 1 fully saturated rings. The Kier molecular flexibility index (Phi) is 3.71. The predicted octanol–water partition coefficient (Wildman–Crippen LogP) is 1.08. The van der Waals surface area contributed by atoms with Crippen molar-refractivity contribution in [2.45, 2.75) is 0 Å². The Morgan fingerprint density at radius 1 is 1.38 bits per heavy atom. The molecule has 6 heteroatoms. The summed E-state index contributed by atoms with van der Waals surface area (Å²) in [5.41, 5.74) is 0. The average molecular weight is 240 g/mol. The second kappa shape index (κ2) is 5.25. The monoisotopic (exact) mass is 240 g/mol. The van der Waals surface area contributed by atoms with Gasteiger partial charge in [-0.15, -0.1) is 0 Å². The van der Waals surface area contributed by atoms with Crippen molar-refractivity contribution in [3.05, 3.63) is 6.33 Å². The molecule has 0 aliphatic carbocycles. The molecular formula is C10H16N4OS. The van der Waals surface area contributed by atoms with Crippen molar-refractivity contribution in [3.63, 3.8) is 0 Å². The van der Waals surface area contributed by atoms with E-state index in [9.17, 15) is 0 Å². The number of methoxy groups -OCH3 is 1. The Hall–Kier alpha value is -1.17. The Labute approximate surface area is 99.6 Å². The molecule has 0 amide bonds. The molecule has 2 heterocycles. The fourth-order valence-electron chi connectivity index (χ4n) is 1.73. The third-order valence-corrected chi connectivity index (χ3v) is 3.48. The number of anilines is 2. The van der Waals surface area contributed by atoms with Crippen LogP contribution in [0.5, 0.6) is 5.75 Å². The number of rotatable bonds is 3. The van der Waals surface area contributed by atoms with Crippen molar-refractivity contribution in [1.29, 1.82) is 0 Å². The molecule has 16 heavy (non-hydrogen) atoms. The maximum atomic E-state index is 5.38. The minimum absolute atomic E-state index is 0.733. The largest absolute Gasteiger partial charge is 0.490 e. The number of aromatic nitrogens is 2. The van der Waals surface area contributed by atoms with Crippen LogP contribution in [0.25, 0.3) is 0 Å². The quantitative estimate of drug-likeness (QED) is 0.853. The summed E-state index contributed by atoms with van der Waals surface area (Å²) in [6.07, 6.45) is 1.57. The number of hydrogen-bond donors (Lipinski definition) is 1. The van der Waals surface area contributed by atoms with E-state index < -0.39 is 0 Å². The fraction of sp³-hybridized carbons (Fsp3) is 0.600. The normalized spacial score (nSPS) is 16.0. The third kappa shape index (κ3) is 2.16. The number of nitrogens with one attached hydrogen (secondary N) is 1. The maximum Gasteiger partial charge on any atom is 0.204 e. The van der Waals surface area contributed by atoms with Crippen molar-refractivity contribution in [1.82, 2.24) is 9.97 Å². The molecule has 0 spiro atoms. The number of thioether (sulfide) groups is 1. The summed E-state index contributed by atoms with van der Waals surface area (Å²) in [6.45, 7) is 2.03. The van der Waals surface area contributed by atoms with Gasteiger partial charge >= 0.3 is 0 Å². The molecule has 1 aliphatic heterocycles. The van der Waals surface area contributed by atoms with Gasteiger partial charge in [0.2, 0.25) is 5.75 Å². The number of ether oxygens (including phenoxy) is 1. The van der Waals surface area contributed by atoms with Crippen LogP contribution < -0.4 is 15.0 Å². The van der Waals surface area contributed by atoms with Crippen LogP contribution in [0.4, 0.5) is 11.6 Å². The van der Waals surface area contributed by atoms with Crippen LogP contribution in [0.2, 0.25) is 0 Å². The summed E-state index contributed by atoms with van der Waals surface area (Å²) < 4.78 is 5.38. The molecule has 0 unspecified atom stereocenters. The number of nitrogens with zero attached hydrogens (tertiary/aromatic N) is 3. The first-order chi connectivity index (χ1) is 7.86. The first kappa shape index (κ1) is 11.3. The van der Waals surface area contributed by atoms with Crippen LogP contribution in [-0.2, 0) is 0 Å². The van der Waals surface area contributed by atoms with E-state index in [0.29, 0.717) is 0 Å². The Morgan fingerprint density at radius 2 is 2.12 bits per heavy atom. The Balaban J connectivity index is 2.30. The predicted molar refractivity (Wildman–Crippen MR) is 67.7 cm³/mol. The van der Waals surface area contributed by atoms with Gasteiger partial charge in [0.25, 0.3) is 0 Å². The molecule has 1 saturated heterocycles. The van der Waals surface area contributed by atoms with Gasteiger partial charge in [0.05, 0.1) is 7.11 Å². The lowest BCUT2D eigenvalue weighted by atomic mass is 10.4. The van der Waals surface area contributed by atoms with Gasteiger partial charge in [-0.2, -0.15) is 11.8 Å². The molecular weight excluding hydrogens is 224 g/mol. The summed E-state index contributed by atoms with van der Waals surface area (Å²) >= 11 is 1.98. The lowest BCUT2D eigenvalue weighted by Gasteiger charge is -2.28. The Bertz CT molecular complexity index is 355. The van der Waals surface area contributed by atoms with Crippen LogP contribution in [0.3, 0.4) is 0 Å². The molecule has 2 rings (SSSR count). The minimum atomic E-state index is 0.733. The lowest BCUT2D eigenvalue weighted by molar-refractivity contribution is 0.412. The van der Waals surface area contributed by atoms with Gasteiger partial charge < -0.3 is 15.0 Å². The standard InChI is InChI=1S/C10H16N4OS/c1-11-9-8(15-2)10(13-7-12-9)14-3-5-16-6-4-14/h7H,3-6H2,1-2H3,(H,11,12,13). The molecule has 5 nitrogen and oxygen atoms in total. The second-order valence-electron chi connectivity index (χ2n) is 3.43. The van der Waals surface area contributed by atoms with Crippen molar-refractivity contribution in [2.75, 3.05) is 49.0 Å². The molecule has 0 bridgehead atoms. The molecule has 0 aromatic carbocycles. The van der Waals surface area contributed by atoms with E-state index in [1.807, 2.05) is 18.8 Å². The number of hydrogen-bond acceptors (Lipinski definition) is 6. The smallest absolute Gasteiger partial charge is 0.204 e. The van der Waals surface area contributed by atoms with Crippen molar-refractivity contribution < 1.29 is 4.74 Å². The van der Waals surface area contributed by atoms with E-state index in [1.54, 1.807) is 13.4 Å². The molecule has 1 aromatic heterocycles. The van der Waals surface area contributed by atoms with Gasteiger partial charge in [-0.1, -0.05) is 0 Å². The second-order valence-corrected chi connectivity index (χ2v) is 4.65. The summed E-state index contributed by atoms with van der Waals surface area (Å²) in [5.74, 6) is 4.65. The van der Waals surface area contributed by atoms with Crippen LogP contribution in [0.1, 0.15) is 0 Å². The highest BCUT2D eigenvalue weighted by atomic mass is 32.2. The summed E-state index contributed by atoms with van der Waals surface area (Å²) in [4.78, 5) is 10.7. The van der Waals surface area contributed by atoms with Gasteiger partial charge in [0.1, 0.15) is 6.33 Å². The average Bonchev–Trinajstić information content (AvgIpc) is 2.38. The van der Waals surface area contributed by atoms with Crippen molar-refractivity contribution >= 4 is 23.4 Å². The van der Waals surface area contributed by atoms with Gasteiger partial charge in [-0.25, -0.2) is 9.97 Å². The third-order valence-electron chi connectivity index (χ3n) is 2.54.